The Kier molecular flexibility index (Phi) is 6.09. The zero-order valence-electron chi connectivity index (χ0n) is 23.6. The fourth-order valence-corrected chi connectivity index (χ4v) is 6.90. The topological polar surface area (TPSA) is 114 Å². The van der Waals surface area contributed by atoms with Crippen LogP contribution in [0.2, 0.25) is 0 Å². The smallest absolute Gasteiger partial charge is 0.258 e. The number of hydrogen-bond acceptors (Lipinski definition) is 6. The van der Waals surface area contributed by atoms with E-state index in [1.165, 1.54) is 30.3 Å². The molecule has 10 heteroatoms. The first-order valence-electron chi connectivity index (χ1n) is 14.2. The van der Waals surface area contributed by atoms with Crippen LogP contribution in [0.25, 0.3) is 22.3 Å². The van der Waals surface area contributed by atoms with Gasteiger partial charge < -0.3 is 24.8 Å². The highest BCUT2D eigenvalue weighted by Crippen LogP contribution is 2.46. The Morgan fingerprint density at radius 2 is 2.00 bits per heavy atom. The number of ether oxygens (including phenoxy) is 1. The van der Waals surface area contributed by atoms with Crippen LogP contribution in [-0.2, 0) is 34.7 Å². The lowest BCUT2D eigenvalue weighted by Crippen LogP contribution is -2.38. The van der Waals surface area contributed by atoms with Crippen LogP contribution in [0.15, 0.2) is 53.5 Å². The molecule has 3 N–H and O–H groups in total. The van der Waals surface area contributed by atoms with E-state index in [9.17, 15) is 24.2 Å². The molecule has 1 amide bonds. The number of benzene rings is 2. The van der Waals surface area contributed by atoms with Crippen LogP contribution in [0.5, 0.6) is 0 Å². The summed E-state index contributed by atoms with van der Waals surface area (Å²) in [6.07, 6.45) is -0.673. The van der Waals surface area contributed by atoms with E-state index in [0.29, 0.717) is 62.9 Å². The number of halogens is 2. The zero-order valence-corrected chi connectivity index (χ0v) is 23.6. The van der Waals surface area contributed by atoms with E-state index in [1.807, 2.05) is 0 Å². The van der Waals surface area contributed by atoms with Crippen LogP contribution in [0.4, 0.5) is 8.78 Å². The van der Waals surface area contributed by atoms with Crippen molar-refractivity contribution in [3.8, 4) is 11.4 Å². The minimum Gasteiger partial charge on any atom is -0.490 e. The first-order valence-corrected chi connectivity index (χ1v) is 14.2. The molecular formula is C33H29F2N3O5. The SMILES string of the molecule is C=C1OCc2c(cc3n(c2=O)Cc2c-3nc3cc(F)c(C)c4c3c2[C@@H](NC(=O)C(O)c2ccccc2F)CC4)[C@@]1(O)CC. The van der Waals surface area contributed by atoms with Crippen LogP contribution in [-0.4, -0.2) is 25.7 Å². The van der Waals surface area contributed by atoms with Crippen LogP contribution in [0.1, 0.15) is 70.9 Å². The van der Waals surface area contributed by atoms with Crippen molar-refractivity contribution in [1.82, 2.24) is 14.9 Å². The number of carbonyl (C=O) groups excluding carboxylic acids is 1. The van der Waals surface area contributed by atoms with Crippen molar-refractivity contribution in [2.45, 2.75) is 64.0 Å². The highest BCUT2D eigenvalue weighted by Gasteiger charge is 2.42. The molecule has 220 valence electrons. The van der Waals surface area contributed by atoms with Crippen molar-refractivity contribution in [3.05, 3.63) is 110 Å². The van der Waals surface area contributed by atoms with Gasteiger partial charge in [-0.15, -0.1) is 0 Å². The summed E-state index contributed by atoms with van der Waals surface area (Å²) in [4.78, 5) is 32.0. The lowest BCUT2D eigenvalue weighted by Gasteiger charge is -2.35. The van der Waals surface area contributed by atoms with E-state index in [1.54, 1.807) is 24.5 Å². The molecule has 2 aliphatic heterocycles. The molecule has 2 aromatic heterocycles. The summed E-state index contributed by atoms with van der Waals surface area (Å²) in [5.74, 6) is -1.73. The van der Waals surface area contributed by atoms with Crippen LogP contribution < -0.4 is 10.9 Å². The molecular weight excluding hydrogens is 556 g/mol. The average molecular weight is 586 g/mol. The minimum absolute atomic E-state index is 0.0324. The van der Waals surface area contributed by atoms with Crippen LogP contribution >= 0.6 is 0 Å². The number of hydrogen-bond donors (Lipinski definition) is 3. The number of aliphatic hydroxyl groups is 2. The predicted octanol–water partition coefficient (Wildman–Crippen LogP) is 4.49. The summed E-state index contributed by atoms with van der Waals surface area (Å²) in [5, 5.41) is 25.8. The summed E-state index contributed by atoms with van der Waals surface area (Å²) in [6, 6.07) is 8.00. The molecule has 0 bridgehead atoms. The molecule has 0 fully saturated rings. The van der Waals surface area contributed by atoms with Gasteiger partial charge >= 0.3 is 0 Å². The summed E-state index contributed by atoms with van der Waals surface area (Å²) in [5.41, 5.74) is 2.59. The van der Waals surface area contributed by atoms with Gasteiger partial charge in [0.15, 0.2) is 6.10 Å². The number of fused-ring (bicyclic) bond motifs is 5. The van der Waals surface area contributed by atoms with Crippen molar-refractivity contribution in [1.29, 1.82) is 0 Å². The molecule has 3 atom stereocenters. The summed E-state index contributed by atoms with van der Waals surface area (Å²) in [6.45, 7) is 7.44. The molecule has 3 aliphatic rings. The van der Waals surface area contributed by atoms with Crippen molar-refractivity contribution >= 4 is 16.8 Å². The largest absolute Gasteiger partial charge is 0.490 e. The second-order valence-electron chi connectivity index (χ2n) is 11.5. The van der Waals surface area contributed by atoms with E-state index in [4.69, 9.17) is 9.72 Å². The number of aliphatic hydroxyl groups excluding tert-OH is 1. The molecule has 2 aromatic carbocycles. The van der Waals surface area contributed by atoms with Crippen LogP contribution in [0.3, 0.4) is 0 Å². The van der Waals surface area contributed by atoms with Gasteiger partial charge in [0, 0.05) is 28.1 Å². The number of aryl methyl sites for hydroxylation is 1. The van der Waals surface area contributed by atoms with Gasteiger partial charge in [0.05, 0.1) is 35.1 Å². The van der Waals surface area contributed by atoms with Gasteiger partial charge in [-0.05, 0) is 55.0 Å². The fourth-order valence-electron chi connectivity index (χ4n) is 6.90. The van der Waals surface area contributed by atoms with Gasteiger partial charge in [-0.2, -0.15) is 0 Å². The molecule has 1 unspecified atom stereocenters. The van der Waals surface area contributed by atoms with Gasteiger partial charge in [0.25, 0.3) is 11.5 Å². The third kappa shape index (κ3) is 3.82. The van der Waals surface area contributed by atoms with Crippen molar-refractivity contribution in [3.63, 3.8) is 0 Å². The predicted molar refractivity (Wildman–Crippen MR) is 154 cm³/mol. The molecule has 0 saturated carbocycles. The zero-order chi connectivity index (χ0) is 30.4. The lowest BCUT2D eigenvalue weighted by molar-refractivity contribution is -0.130. The quantitative estimate of drug-likeness (QED) is 0.287. The van der Waals surface area contributed by atoms with E-state index < -0.39 is 35.3 Å². The summed E-state index contributed by atoms with van der Waals surface area (Å²) in [7, 11) is 0. The number of aromatic nitrogens is 2. The van der Waals surface area contributed by atoms with Gasteiger partial charge in [-0.1, -0.05) is 31.7 Å². The Morgan fingerprint density at radius 3 is 2.74 bits per heavy atom. The Labute approximate surface area is 245 Å². The Morgan fingerprint density at radius 1 is 1.23 bits per heavy atom. The number of nitrogens with one attached hydrogen (secondary N) is 1. The molecule has 7 rings (SSSR count). The second kappa shape index (κ2) is 9.55. The van der Waals surface area contributed by atoms with Gasteiger partial charge in [0.1, 0.15) is 29.6 Å². The molecule has 0 radical (unpaired) electrons. The maximum absolute atomic E-state index is 15.1. The van der Waals surface area contributed by atoms with E-state index >= 15 is 4.39 Å². The molecule has 1 aliphatic carbocycles. The number of pyridine rings is 2. The number of rotatable bonds is 4. The third-order valence-electron chi connectivity index (χ3n) is 9.31. The molecule has 4 aromatic rings. The summed E-state index contributed by atoms with van der Waals surface area (Å²) < 4.78 is 36.7. The first kappa shape index (κ1) is 27.4. The number of nitrogens with zero attached hydrogens (tertiary/aromatic N) is 2. The minimum atomic E-state index is -1.74. The average Bonchev–Trinajstić information content (AvgIpc) is 3.37. The van der Waals surface area contributed by atoms with Crippen molar-refractivity contribution in [2.24, 2.45) is 0 Å². The molecule has 43 heavy (non-hydrogen) atoms. The maximum atomic E-state index is 15.1. The lowest BCUT2D eigenvalue weighted by atomic mass is 9.81. The summed E-state index contributed by atoms with van der Waals surface area (Å²) >= 11 is 0. The molecule has 8 nitrogen and oxygen atoms in total. The number of amides is 1. The number of carbonyl (C=O) groups is 1. The second-order valence-corrected chi connectivity index (χ2v) is 11.5. The normalized spacial score (nSPS) is 20.7. The third-order valence-corrected chi connectivity index (χ3v) is 9.31. The van der Waals surface area contributed by atoms with Crippen LogP contribution in [0, 0.1) is 18.6 Å². The van der Waals surface area contributed by atoms with Crippen molar-refractivity contribution < 1.29 is 28.5 Å². The highest BCUT2D eigenvalue weighted by atomic mass is 19.1. The molecule has 0 spiro atoms. The van der Waals surface area contributed by atoms with Gasteiger partial charge in [0.2, 0.25) is 0 Å². The Hall–Kier alpha value is -4.41. The highest BCUT2D eigenvalue weighted by molar-refractivity contribution is 5.94. The fraction of sp³-hybridized carbons (Fsp3) is 0.303. The first-order chi connectivity index (χ1) is 20.5. The molecule has 0 saturated heterocycles. The maximum Gasteiger partial charge on any atom is 0.258 e. The Balaban J connectivity index is 1.42. The monoisotopic (exact) mass is 585 g/mol. The van der Waals surface area contributed by atoms with Crippen molar-refractivity contribution in [2.75, 3.05) is 0 Å². The Bertz CT molecular complexity index is 1970. The standard InChI is InChI=1S/C33H29F2N3O5/c1-4-33(42)16(3)43-14-20-21(33)11-26-29-19(13-38(26)32(20)41)28-24(37-31(40)30(39)18-7-5-6-8-22(18)34)10-9-17-15(2)23(35)12-25(36-29)27(17)28/h5-8,11-12,24,30,39,42H,3-4,9-10,13-14H2,1-2H3,(H,37,40)/t24-,30?,33+/m0/s1. The van der Waals surface area contributed by atoms with Gasteiger partial charge in [-0.25, -0.2) is 13.8 Å². The molecule has 4 heterocycles. The van der Waals surface area contributed by atoms with E-state index in [0.717, 1.165) is 5.56 Å². The van der Waals surface area contributed by atoms with Gasteiger partial charge in [-0.3, -0.25) is 9.59 Å². The van der Waals surface area contributed by atoms with E-state index in [-0.39, 0.29) is 36.5 Å². The van der Waals surface area contributed by atoms with E-state index in [2.05, 4.69) is 11.9 Å².